The fourth-order valence-corrected chi connectivity index (χ4v) is 1.65. The van der Waals surface area contributed by atoms with E-state index in [1.165, 1.54) is 6.33 Å². The quantitative estimate of drug-likeness (QED) is 0.489. The lowest BCUT2D eigenvalue weighted by molar-refractivity contribution is 0.184. The van der Waals surface area contributed by atoms with Gasteiger partial charge < -0.3 is 15.5 Å². The zero-order valence-corrected chi connectivity index (χ0v) is 10.7. The molecule has 1 atom stereocenters. The van der Waals surface area contributed by atoms with E-state index in [0.29, 0.717) is 12.4 Å². The van der Waals surface area contributed by atoms with Gasteiger partial charge in [0.15, 0.2) is 0 Å². The van der Waals surface area contributed by atoms with E-state index in [1.807, 2.05) is 6.92 Å². The fourth-order valence-electron chi connectivity index (χ4n) is 1.65. The molecule has 1 rings (SSSR count). The Kier molecular flexibility index (Phi) is 5.65. The normalized spacial score (nSPS) is 12.2. The molecule has 6 heteroatoms. The average molecular weight is 239 g/mol. The number of aromatic nitrogens is 2. The first-order valence-electron chi connectivity index (χ1n) is 5.82. The van der Waals surface area contributed by atoms with Crippen molar-refractivity contribution >= 4 is 11.6 Å². The molecule has 1 aromatic heterocycles. The number of hydrazine groups is 1. The minimum Gasteiger partial charge on any atom is -0.383 e. The summed E-state index contributed by atoms with van der Waals surface area (Å²) < 4.78 is 5.15. The average Bonchev–Trinajstić information content (AvgIpc) is 2.37. The molecule has 0 aliphatic heterocycles. The molecule has 1 unspecified atom stereocenters. The Labute approximate surface area is 102 Å². The van der Waals surface area contributed by atoms with Gasteiger partial charge in [-0.15, -0.1) is 0 Å². The number of nitrogens with two attached hydrogens (primary N) is 1. The number of hydrogen-bond donors (Lipinski definition) is 3. The highest BCUT2D eigenvalue weighted by molar-refractivity contribution is 5.57. The third-order valence-corrected chi connectivity index (χ3v) is 2.64. The zero-order chi connectivity index (χ0) is 12.7. The van der Waals surface area contributed by atoms with Crippen LogP contribution in [-0.4, -0.2) is 29.7 Å². The highest BCUT2D eigenvalue weighted by Crippen LogP contribution is 2.20. The first kappa shape index (κ1) is 13.7. The van der Waals surface area contributed by atoms with Gasteiger partial charge in [0.05, 0.1) is 12.6 Å². The molecule has 0 saturated heterocycles. The summed E-state index contributed by atoms with van der Waals surface area (Å²) in [5.74, 6) is 6.91. The summed E-state index contributed by atoms with van der Waals surface area (Å²) >= 11 is 0. The molecule has 1 heterocycles. The van der Waals surface area contributed by atoms with Crippen molar-refractivity contribution in [2.24, 2.45) is 5.84 Å². The summed E-state index contributed by atoms with van der Waals surface area (Å²) in [6.07, 6.45) is 3.27. The van der Waals surface area contributed by atoms with E-state index in [2.05, 4.69) is 27.6 Å². The van der Waals surface area contributed by atoms with E-state index in [-0.39, 0.29) is 6.04 Å². The van der Waals surface area contributed by atoms with Crippen LogP contribution in [0.15, 0.2) is 6.33 Å². The molecule has 0 aliphatic carbocycles. The molecule has 6 nitrogen and oxygen atoms in total. The van der Waals surface area contributed by atoms with Crippen LogP contribution in [0.4, 0.5) is 11.6 Å². The molecule has 1 aromatic rings. The lowest BCUT2D eigenvalue weighted by Crippen LogP contribution is -2.25. The van der Waals surface area contributed by atoms with E-state index >= 15 is 0 Å². The Morgan fingerprint density at radius 2 is 2.06 bits per heavy atom. The molecule has 0 fully saturated rings. The van der Waals surface area contributed by atoms with Gasteiger partial charge in [-0.1, -0.05) is 13.8 Å². The Hall–Kier alpha value is -1.40. The predicted molar refractivity (Wildman–Crippen MR) is 68.8 cm³/mol. The molecule has 0 amide bonds. The van der Waals surface area contributed by atoms with Crippen molar-refractivity contribution in [1.82, 2.24) is 9.97 Å². The number of rotatable bonds is 7. The molecule has 0 saturated carbocycles. The number of nitrogens with zero attached hydrogens (tertiary/aromatic N) is 2. The lowest BCUT2D eigenvalue weighted by Gasteiger charge is -2.19. The molecule has 0 aromatic carbocycles. The first-order valence-corrected chi connectivity index (χ1v) is 5.82. The van der Waals surface area contributed by atoms with Crippen LogP contribution in [0.1, 0.15) is 25.8 Å². The van der Waals surface area contributed by atoms with Gasteiger partial charge in [0, 0.05) is 12.7 Å². The van der Waals surface area contributed by atoms with Crippen molar-refractivity contribution in [3.05, 3.63) is 11.9 Å². The minimum absolute atomic E-state index is 0.242. The first-order chi connectivity index (χ1) is 8.26. The standard InChI is InChI=1S/C11H21N5O/c1-4-8(6-17-3)15-10-9(5-2)11(16-12)14-7-13-10/h7-8H,4-6,12H2,1-3H3,(H2,13,14,15,16). The second-order valence-electron chi connectivity index (χ2n) is 3.75. The van der Waals surface area contributed by atoms with Crippen LogP contribution in [0.25, 0.3) is 0 Å². The highest BCUT2D eigenvalue weighted by atomic mass is 16.5. The summed E-state index contributed by atoms with van der Waals surface area (Å²) in [4.78, 5) is 8.34. The van der Waals surface area contributed by atoms with E-state index < -0.39 is 0 Å². The van der Waals surface area contributed by atoms with Crippen LogP contribution in [-0.2, 0) is 11.2 Å². The minimum atomic E-state index is 0.242. The van der Waals surface area contributed by atoms with Gasteiger partial charge in [-0.2, -0.15) is 0 Å². The summed E-state index contributed by atoms with van der Waals surface area (Å²) in [5.41, 5.74) is 3.58. The third kappa shape index (κ3) is 3.54. The Bertz CT molecular complexity index is 345. The van der Waals surface area contributed by atoms with Gasteiger partial charge in [-0.3, -0.25) is 0 Å². The smallest absolute Gasteiger partial charge is 0.148 e. The van der Waals surface area contributed by atoms with Crippen LogP contribution >= 0.6 is 0 Å². The van der Waals surface area contributed by atoms with Crippen LogP contribution in [0, 0.1) is 0 Å². The lowest BCUT2D eigenvalue weighted by atomic mass is 10.2. The molecule has 4 N–H and O–H groups in total. The molecule has 0 radical (unpaired) electrons. The third-order valence-electron chi connectivity index (χ3n) is 2.64. The number of nitrogen functional groups attached to an aromatic ring is 1. The predicted octanol–water partition coefficient (Wildman–Crippen LogP) is 1.16. The Morgan fingerprint density at radius 1 is 1.35 bits per heavy atom. The van der Waals surface area contributed by atoms with E-state index in [0.717, 1.165) is 24.2 Å². The van der Waals surface area contributed by atoms with Gasteiger partial charge >= 0.3 is 0 Å². The summed E-state index contributed by atoms with van der Waals surface area (Å²) in [6, 6.07) is 0.242. The van der Waals surface area contributed by atoms with Gasteiger partial charge in [-0.05, 0) is 12.8 Å². The molecule has 96 valence electrons. The van der Waals surface area contributed by atoms with Gasteiger partial charge in [0.2, 0.25) is 0 Å². The van der Waals surface area contributed by atoms with Crippen molar-refractivity contribution in [3.63, 3.8) is 0 Å². The second kappa shape index (κ2) is 7.03. The summed E-state index contributed by atoms with van der Waals surface area (Å²) in [5, 5.41) is 3.35. The maximum Gasteiger partial charge on any atom is 0.148 e. The number of hydrogen-bond acceptors (Lipinski definition) is 6. The fraction of sp³-hybridized carbons (Fsp3) is 0.636. The summed E-state index contributed by atoms with van der Waals surface area (Å²) in [7, 11) is 1.69. The van der Waals surface area contributed by atoms with Crippen molar-refractivity contribution < 1.29 is 4.74 Å². The second-order valence-corrected chi connectivity index (χ2v) is 3.75. The van der Waals surface area contributed by atoms with E-state index in [1.54, 1.807) is 7.11 Å². The zero-order valence-electron chi connectivity index (χ0n) is 10.7. The number of anilines is 2. The maximum atomic E-state index is 5.42. The molecule has 0 spiro atoms. The highest BCUT2D eigenvalue weighted by Gasteiger charge is 2.12. The SMILES string of the molecule is CCc1c(NN)ncnc1NC(CC)COC. The van der Waals surface area contributed by atoms with Crippen molar-refractivity contribution in [1.29, 1.82) is 0 Å². The van der Waals surface area contributed by atoms with Gasteiger partial charge in [0.25, 0.3) is 0 Å². The number of nitrogens with one attached hydrogen (secondary N) is 2. The monoisotopic (exact) mass is 239 g/mol. The van der Waals surface area contributed by atoms with Gasteiger partial charge in [-0.25, -0.2) is 15.8 Å². The number of methoxy groups -OCH3 is 1. The Morgan fingerprint density at radius 3 is 2.59 bits per heavy atom. The maximum absolute atomic E-state index is 5.42. The van der Waals surface area contributed by atoms with Crippen LogP contribution in [0.5, 0.6) is 0 Å². The molecular formula is C11H21N5O. The van der Waals surface area contributed by atoms with Crippen molar-refractivity contribution in [3.8, 4) is 0 Å². The van der Waals surface area contributed by atoms with E-state index in [4.69, 9.17) is 10.6 Å². The van der Waals surface area contributed by atoms with Crippen LogP contribution in [0.3, 0.4) is 0 Å². The van der Waals surface area contributed by atoms with Gasteiger partial charge in [0.1, 0.15) is 18.0 Å². The molecule has 0 aliphatic rings. The Balaban J connectivity index is 2.88. The summed E-state index contributed by atoms with van der Waals surface area (Å²) in [6.45, 7) is 4.79. The van der Waals surface area contributed by atoms with Crippen LogP contribution in [0.2, 0.25) is 0 Å². The number of ether oxygens (including phenoxy) is 1. The van der Waals surface area contributed by atoms with Crippen LogP contribution < -0.4 is 16.6 Å². The largest absolute Gasteiger partial charge is 0.383 e. The van der Waals surface area contributed by atoms with Crippen molar-refractivity contribution in [2.45, 2.75) is 32.7 Å². The van der Waals surface area contributed by atoms with Crippen molar-refractivity contribution in [2.75, 3.05) is 24.5 Å². The molecule has 17 heavy (non-hydrogen) atoms. The molecule has 0 bridgehead atoms. The topological polar surface area (TPSA) is 85.1 Å². The van der Waals surface area contributed by atoms with E-state index in [9.17, 15) is 0 Å². The molecular weight excluding hydrogens is 218 g/mol.